The van der Waals surface area contributed by atoms with Gasteiger partial charge in [-0.25, -0.2) is 0 Å². The molecule has 0 aromatic heterocycles. The lowest BCUT2D eigenvalue weighted by Crippen LogP contribution is -2.25. The van der Waals surface area contributed by atoms with Gasteiger partial charge in [-0.05, 0) is 42.0 Å². The summed E-state index contributed by atoms with van der Waals surface area (Å²) in [7, 11) is -3.92. The summed E-state index contributed by atoms with van der Waals surface area (Å²) in [5.41, 5.74) is 1.28. The Kier molecular flexibility index (Phi) is 3.77. The number of hydrogen-bond donors (Lipinski definition) is 0. The highest BCUT2D eigenvalue weighted by Crippen LogP contribution is 2.26. The molecule has 0 unspecified atom stereocenters. The maximum absolute atomic E-state index is 12.7. The highest BCUT2D eigenvalue weighted by molar-refractivity contribution is 7.93. The van der Waals surface area contributed by atoms with Crippen molar-refractivity contribution in [2.45, 2.75) is 11.8 Å². The zero-order valence-corrected chi connectivity index (χ0v) is 13.3. The Labute approximate surface area is 135 Å². The zero-order valence-electron chi connectivity index (χ0n) is 12.5. The summed E-state index contributed by atoms with van der Waals surface area (Å²) in [5, 5.41) is 11.3. The van der Waals surface area contributed by atoms with Gasteiger partial charge >= 0.3 is 0 Å². The first-order valence-electron chi connectivity index (χ1n) is 7.03. The van der Waals surface area contributed by atoms with E-state index >= 15 is 0 Å². The van der Waals surface area contributed by atoms with Crippen LogP contribution in [0.3, 0.4) is 0 Å². The van der Waals surface area contributed by atoms with E-state index in [0.717, 1.165) is 20.6 Å². The quantitative estimate of drug-likeness (QED) is 0.544. The Morgan fingerprint density at radius 3 is 2.22 bits per heavy atom. The highest BCUT2D eigenvalue weighted by Gasteiger charge is 2.25. The highest BCUT2D eigenvalue weighted by atomic mass is 32.2. The maximum atomic E-state index is 12.7. The summed E-state index contributed by atoms with van der Waals surface area (Å²) in [6, 6.07) is 19.2. The van der Waals surface area contributed by atoms with E-state index in [1.54, 1.807) is 36.5 Å². The average Bonchev–Trinajstić information content (AvgIpc) is 2.55. The third-order valence-corrected chi connectivity index (χ3v) is 5.26. The molecule has 0 aliphatic rings. The molecule has 0 saturated heterocycles. The summed E-state index contributed by atoms with van der Waals surface area (Å²) < 4.78 is 26.2. The molecule has 3 rings (SSSR count). The molecule has 0 radical (unpaired) electrons. The minimum Gasteiger partial charge on any atom is -0.200 e. The molecule has 23 heavy (non-hydrogen) atoms. The molecule has 0 heterocycles. The van der Waals surface area contributed by atoms with Crippen molar-refractivity contribution in [1.29, 1.82) is 5.26 Å². The minimum absolute atomic E-state index is 0.0952. The standard InChI is InChI=1S/C18H14N2O2S/c1-14-6-10-18(11-7-14)23(21,22)20(13-19)17-9-8-15-4-2-3-5-16(15)12-17/h2-12H,1H3. The van der Waals surface area contributed by atoms with Crippen LogP contribution in [0.25, 0.3) is 10.8 Å². The predicted octanol–water partition coefficient (Wildman–Crippen LogP) is 3.82. The van der Waals surface area contributed by atoms with Crippen LogP contribution in [-0.2, 0) is 10.0 Å². The SMILES string of the molecule is Cc1ccc(S(=O)(=O)N(C#N)c2ccc3ccccc3c2)cc1. The van der Waals surface area contributed by atoms with Crippen molar-refractivity contribution in [2.75, 3.05) is 4.31 Å². The molecule has 0 amide bonds. The Balaban J connectivity index is 2.10. The summed E-state index contributed by atoms with van der Waals surface area (Å²) >= 11 is 0. The summed E-state index contributed by atoms with van der Waals surface area (Å²) in [5.74, 6) is 0. The van der Waals surface area contributed by atoms with Gasteiger partial charge in [-0.3, -0.25) is 0 Å². The molecule has 0 bridgehead atoms. The smallest absolute Gasteiger partial charge is 0.200 e. The van der Waals surface area contributed by atoms with E-state index in [-0.39, 0.29) is 4.90 Å². The van der Waals surface area contributed by atoms with Gasteiger partial charge in [0.2, 0.25) is 0 Å². The normalized spacial score (nSPS) is 11.1. The van der Waals surface area contributed by atoms with Gasteiger partial charge in [0.25, 0.3) is 10.0 Å². The number of benzene rings is 3. The van der Waals surface area contributed by atoms with Crippen molar-refractivity contribution in [3.8, 4) is 6.19 Å². The number of rotatable bonds is 3. The molecular formula is C18H14N2O2S. The molecular weight excluding hydrogens is 308 g/mol. The number of aryl methyl sites for hydroxylation is 1. The van der Waals surface area contributed by atoms with Crippen molar-refractivity contribution >= 4 is 26.5 Å². The molecule has 3 aromatic rings. The monoisotopic (exact) mass is 322 g/mol. The molecule has 0 spiro atoms. The van der Waals surface area contributed by atoms with Gasteiger partial charge in [-0.15, -0.1) is 0 Å². The first-order chi connectivity index (χ1) is 11.0. The van der Waals surface area contributed by atoms with Gasteiger partial charge in [-0.2, -0.15) is 18.0 Å². The first kappa shape index (κ1) is 15.1. The Hall–Kier alpha value is -2.84. The van der Waals surface area contributed by atoms with E-state index < -0.39 is 10.0 Å². The Morgan fingerprint density at radius 1 is 0.913 bits per heavy atom. The van der Waals surface area contributed by atoms with Crippen LogP contribution in [0, 0.1) is 18.4 Å². The lowest BCUT2D eigenvalue weighted by atomic mass is 10.1. The molecule has 4 nitrogen and oxygen atoms in total. The van der Waals surface area contributed by atoms with Crippen LogP contribution in [0.5, 0.6) is 0 Å². The molecule has 0 atom stereocenters. The minimum atomic E-state index is -3.92. The van der Waals surface area contributed by atoms with Crippen molar-refractivity contribution in [3.63, 3.8) is 0 Å². The second-order valence-corrected chi connectivity index (χ2v) is 7.00. The topological polar surface area (TPSA) is 61.2 Å². The molecule has 5 heteroatoms. The van der Waals surface area contributed by atoms with Crippen molar-refractivity contribution < 1.29 is 8.42 Å². The van der Waals surface area contributed by atoms with Crippen molar-refractivity contribution in [3.05, 3.63) is 72.3 Å². The number of sulfonamides is 1. The van der Waals surface area contributed by atoms with Crippen LogP contribution in [0.15, 0.2) is 71.6 Å². The second-order valence-electron chi connectivity index (χ2n) is 5.21. The predicted molar refractivity (Wildman–Crippen MR) is 90.4 cm³/mol. The number of nitrogens with zero attached hydrogens (tertiary/aromatic N) is 2. The Morgan fingerprint density at radius 2 is 1.57 bits per heavy atom. The Bertz CT molecular complexity index is 1000. The van der Waals surface area contributed by atoms with Gasteiger partial charge in [-0.1, -0.05) is 48.0 Å². The van der Waals surface area contributed by atoms with Crippen molar-refractivity contribution in [2.24, 2.45) is 0 Å². The summed E-state index contributed by atoms with van der Waals surface area (Å²) in [6.45, 7) is 1.88. The van der Waals surface area contributed by atoms with Crippen LogP contribution in [-0.4, -0.2) is 8.42 Å². The first-order valence-corrected chi connectivity index (χ1v) is 8.47. The largest absolute Gasteiger partial charge is 0.276 e. The van der Waals surface area contributed by atoms with E-state index in [1.165, 1.54) is 12.1 Å². The van der Waals surface area contributed by atoms with E-state index in [0.29, 0.717) is 5.69 Å². The van der Waals surface area contributed by atoms with Gasteiger partial charge in [0.1, 0.15) is 0 Å². The van der Waals surface area contributed by atoms with Crippen LogP contribution in [0.1, 0.15) is 5.56 Å². The summed E-state index contributed by atoms with van der Waals surface area (Å²) in [4.78, 5) is 0.0952. The van der Waals surface area contributed by atoms with E-state index in [1.807, 2.05) is 31.2 Å². The lowest BCUT2D eigenvalue weighted by molar-refractivity contribution is 0.596. The third-order valence-electron chi connectivity index (χ3n) is 3.62. The number of nitriles is 1. The van der Waals surface area contributed by atoms with Crippen molar-refractivity contribution in [1.82, 2.24) is 0 Å². The van der Waals surface area contributed by atoms with E-state index in [2.05, 4.69) is 0 Å². The van der Waals surface area contributed by atoms with Crippen LogP contribution in [0.2, 0.25) is 0 Å². The van der Waals surface area contributed by atoms with E-state index in [9.17, 15) is 13.7 Å². The number of anilines is 1. The van der Waals surface area contributed by atoms with E-state index in [4.69, 9.17) is 0 Å². The molecule has 0 aliphatic heterocycles. The molecule has 0 aliphatic carbocycles. The lowest BCUT2D eigenvalue weighted by Gasteiger charge is -2.16. The fourth-order valence-electron chi connectivity index (χ4n) is 2.37. The molecule has 3 aromatic carbocycles. The number of fused-ring (bicyclic) bond motifs is 1. The third kappa shape index (κ3) is 2.77. The second kappa shape index (κ2) is 5.75. The van der Waals surface area contributed by atoms with Gasteiger partial charge < -0.3 is 0 Å². The summed E-state index contributed by atoms with van der Waals surface area (Å²) in [6.07, 6.45) is 1.78. The molecule has 0 saturated carbocycles. The average molecular weight is 322 g/mol. The van der Waals surface area contributed by atoms with Gasteiger partial charge in [0.15, 0.2) is 6.19 Å². The number of hydrogen-bond acceptors (Lipinski definition) is 3. The zero-order chi connectivity index (χ0) is 16.4. The molecule has 0 fully saturated rings. The van der Waals surface area contributed by atoms with Crippen LogP contribution < -0.4 is 4.31 Å². The molecule has 0 N–H and O–H groups in total. The fraction of sp³-hybridized carbons (Fsp3) is 0.0556. The van der Waals surface area contributed by atoms with Crippen LogP contribution in [0.4, 0.5) is 5.69 Å². The maximum Gasteiger partial charge on any atom is 0.276 e. The van der Waals surface area contributed by atoms with Gasteiger partial charge in [0.05, 0.1) is 10.6 Å². The van der Waals surface area contributed by atoms with Gasteiger partial charge in [0, 0.05) is 0 Å². The fourth-order valence-corrected chi connectivity index (χ4v) is 3.56. The van der Waals surface area contributed by atoms with Crippen LogP contribution >= 0.6 is 0 Å². The molecule has 114 valence electrons.